The fourth-order valence-corrected chi connectivity index (χ4v) is 3.27. The van der Waals surface area contributed by atoms with E-state index < -0.39 is 0 Å². The predicted molar refractivity (Wildman–Crippen MR) is 83.8 cm³/mol. The van der Waals surface area contributed by atoms with Gasteiger partial charge < -0.3 is 10.6 Å². The Kier molecular flexibility index (Phi) is 4.87. The maximum atomic E-state index is 5.88. The number of nitrogens with two attached hydrogens (primary N) is 1. The molecular weight excluding hydrogens is 232 g/mol. The smallest absolute Gasteiger partial charge is 0.0396 e. The van der Waals surface area contributed by atoms with Crippen molar-refractivity contribution in [3.05, 3.63) is 29.3 Å². The first-order chi connectivity index (χ1) is 9.10. The summed E-state index contributed by atoms with van der Waals surface area (Å²) >= 11 is 0. The molecule has 2 atom stereocenters. The molecule has 1 aliphatic heterocycles. The van der Waals surface area contributed by atoms with Gasteiger partial charge in [0.05, 0.1) is 0 Å². The van der Waals surface area contributed by atoms with E-state index in [1.807, 2.05) is 0 Å². The van der Waals surface area contributed by atoms with Gasteiger partial charge >= 0.3 is 0 Å². The Morgan fingerprint density at radius 1 is 1.42 bits per heavy atom. The Hall–Kier alpha value is -1.02. The number of hydrogen-bond acceptors (Lipinski definition) is 2. The van der Waals surface area contributed by atoms with Gasteiger partial charge in [0, 0.05) is 24.8 Å². The lowest BCUT2D eigenvalue weighted by Gasteiger charge is -2.22. The zero-order chi connectivity index (χ0) is 13.8. The molecule has 2 nitrogen and oxygen atoms in total. The number of anilines is 1. The molecule has 0 spiro atoms. The molecule has 1 saturated heterocycles. The van der Waals surface area contributed by atoms with E-state index in [1.54, 1.807) is 0 Å². The summed E-state index contributed by atoms with van der Waals surface area (Å²) in [5, 5.41) is 0. The number of aryl methyl sites for hydroxylation is 1. The van der Waals surface area contributed by atoms with Crippen LogP contribution in [-0.4, -0.2) is 19.1 Å². The van der Waals surface area contributed by atoms with Gasteiger partial charge in [-0.3, -0.25) is 0 Å². The lowest BCUT2D eigenvalue weighted by molar-refractivity contribution is 0.530. The standard InChI is InChI=1S/C17H28N2/c1-4-5-15-8-9-19(12-15)17-7-6-16(10-13(17)2)11-14(3)18/h6-7,10,14-15H,4-5,8-9,11-12,18H2,1-3H3. The van der Waals surface area contributed by atoms with Crippen LogP contribution in [0.25, 0.3) is 0 Å². The maximum absolute atomic E-state index is 5.88. The number of hydrogen-bond donors (Lipinski definition) is 1. The monoisotopic (exact) mass is 260 g/mol. The summed E-state index contributed by atoms with van der Waals surface area (Å²) in [5.41, 5.74) is 10.1. The predicted octanol–water partition coefficient (Wildman–Crippen LogP) is 3.51. The van der Waals surface area contributed by atoms with E-state index >= 15 is 0 Å². The highest BCUT2D eigenvalue weighted by Crippen LogP contribution is 2.29. The molecular formula is C17H28N2. The molecule has 1 aromatic rings. The first-order valence-electron chi connectivity index (χ1n) is 7.70. The third kappa shape index (κ3) is 3.73. The summed E-state index contributed by atoms with van der Waals surface area (Å²) in [7, 11) is 0. The van der Waals surface area contributed by atoms with Crippen molar-refractivity contribution in [2.75, 3.05) is 18.0 Å². The van der Waals surface area contributed by atoms with E-state index in [0.29, 0.717) is 0 Å². The lowest BCUT2D eigenvalue weighted by Crippen LogP contribution is -2.21. The molecule has 1 aromatic carbocycles. The zero-order valence-electron chi connectivity index (χ0n) is 12.7. The SMILES string of the molecule is CCCC1CCN(c2ccc(CC(C)N)cc2C)C1. The molecule has 2 rings (SSSR count). The average molecular weight is 260 g/mol. The molecule has 1 fully saturated rings. The minimum atomic E-state index is 0.242. The molecule has 1 aliphatic rings. The van der Waals surface area contributed by atoms with Gasteiger partial charge in [-0.1, -0.05) is 25.5 Å². The van der Waals surface area contributed by atoms with Crippen molar-refractivity contribution < 1.29 is 0 Å². The summed E-state index contributed by atoms with van der Waals surface area (Å²) in [6.45, 7) is 9.04. The van der Waals surface area contributed by atoms with E-state index in [-0.39, 0.29) is 6.04 Å². The molecule has 2 unspecified atom stereocenters. The van der Waals surface area contributed by atoms with Crippen LogP contribution in [0.3, 0.4) is 0 Å². The summed E-state index contributed by atoms with van der Waals surface area (Å²) in [4.78, 5) is 2.56. The highest BCUT2D eigenvalue weighted by atomic mass is 15.2. The van der Waals surface area contributed by atoms with Crippen LogP contribution in [0.15, 0.2) is 18.2 Å². The summed E-state index contributed by atoms with van der Waals surface area (Å²) in [6, 6.07) is 7.09. The van der Waals surface area contributed by atoms with E-state index in [9.17, 15) is 0 Å². The summed E-state index contributed by atoms with van der Waals surface area (Å²) in [5.74, 6) is 0.896. The van der Waals surface area contributed by atoms with E-state index in [0.717, 1.165) is 12.3 Å². The Morgan fingerprint density at radius 2 is 2.21 bits per heavy atom. The third-order valence-corrected chi connectivity index (χ3v) is 4.14. The highest BCUT2D eigenvalue weighted by molar-refractivity contribution is 5.55. The molecule has 0 aromatic heterocycles. The topological polar surface area (TPSA) is 29.3 Å². The Morgan fingerprint density at radius 3 is 2.84 bits per heavy atom. The van der Waals surface area contributed by atoms with Gasteiger partial charge in [-0.25, -0.2) is 0 Å². The van der Waals surface area contributed by atoms with Crippen LogP contribution in [0.1, 0.15) is 44.2 Å². The van der Waals surface area contributed by atoms with E-state index in [4.69, 9.17) is 5.73 Å². The van der Waals surface area contributed by atoms with Crippen molar-refractivity contribution in [1.82, 2.24) is 0 Å². The van der Waals surface area contributed by atoms with Crippen molar-refractivity contribution in [1.29, 1.82) is 0 Å². The van der Waals surface area contributed by atoms with Gasteiger partial charge in [0.2, 0.25) is 0 Å². The molecule has 0 aliphatic carbocycles. The first kappa shape index (κ1) is 14.4. The lowest BCUT2D eigenvalue weighted by atomic mass is 10.0. The first-order valence-corrected chi connectivity index (χ1v) is 7.70. The molecule has 0 radical (unpaired) electrons. The second-order valence-corrected chi connectivity index (χ2v) is 6.19. The second kappa shape index (κ2) is 6.42. The second-order valence-electron chi connectivity index (χ2n) is 6.19. The molecule has 1 heterocycles. The van der Waals surface area contributed by atoms with Gasteiger partial charge in [0.15, 0.2) is 0 Å². The minimum Gasteiger partial charge on any atom is -0.371 e. The molecule has 0 bridgehead atoms. The van der Waals surface area contributed by atoms with Gasteiger partial charge in [-0.2, -0.15) is 0 Å². The fraction of sp³-hybridized carbons (Fsp3) is 0.647. The third-order valence-electron chi connectivity index (χ3n) is 4.14. The van der Waals surface area contributed by atoms with Crippen molar-refractivity contribution in [3.8, 4) is 0 Å². The van der Waals surface area contributed by atoms with Crippen molar-refractivity contribution in [2.24, 2.45) is 11.7 Å². The van der Waals surface area contributed by atoms with Gasteiger partial charge in [0.25, 0.3) is 0 Å². The van der Waals surface area contributed by atoms with Gasteiger partial charge in [-0.05, 0) is 56.2 Å². The summed E-state index contributed by atoms with van der Waals surface area (Å²) in [6.07, 6.45) is 5.01. The minimum absolute atomic E-state index is 0.242. The van der Waals surface area contributed by atoms with Crippen LogP contribution >= 0.6 is 0 Å². The Bertz CT molecular complexity index is 412. The van der Waals surface area contributed by atoms with Crippen LogP contribution in [0.4, 0.5) is 5.69 Å². The molecule has 2 N–H and O–H groups in total. The van der Waals surface area contributed by atoms with Crippen molar-refractivity contribution >= 4 is 5.69 Å². The molecule has 106 valence electrons. The van der Waals surface area contributed by atoms with Gasteiger partial charge in [0.1, 0.15) is 0 Å². The van der Waals surface area contributed by atoms with E-state index in [2.05, 4.69) is 43.9 Å². The van der Waals surface area contributed by atoms with Crippen LogP contribution in [0.2, 0.25) is 0 Å². The zero-order valence-corrected chi connectivity index (χ0v) is 12.7. The quantitative estimate of drug-likeness (QED) is 0.878. The number of nitrogens with zero attached hydrogens (tertiary/aromatic N) is 1. The van der Waals surface area contributed by atoms with Crippen LogP contribution < -0.4 is 10.6 Å². The van der Waals surface area contributed by atoms with Crippen molar-refractivity contribution in [3.63, 3.8) is 0 Å². The average Bonchev–Trinajstić information content (AvgIpc) is 2.77. The van der Waals surface area contributed by atoms with E-state index in [1.165, 1.54) is 49.2 Å². The number of rotatable bonds is 5. The summed E-state index contributed by atoms with van der Waals surface area (Å²) < 4.78 is 0. The molecule has 0 saturated carbocycles. The molecule has 2 heteroatoms. The molecule has 0 amide bonds. The molecule has 19 heavy (non-hydrogen) atoms. The maximum Gasteiger partial charge on any atom is 0.0396 e. The van der Waals surface area contributed by atoms with Crippen LogP contribution in [0, 0.1) is 12.8 Å². The Labute approximate surface area is 118 Å². The van der Waals surface area contributed by atoms with Crippen molar-refractivity contribution in [2.45, 2.75) is 52.5 Å². The number of benzene rings is 1. The Balaban J connectivity index is 2.05. The normalized spacial score (nSPS) is 20.8. The van der Waals surface area contributed by atoms with Gasteiger partial charge in [-0.15, -0.1) is 0 Å². The van der Waals surface area contributed by atoms with Crippen LogP contribution in [-0.2, 0) is 6.42 Å². The largest absolute Gasteiger partial charge is 0.371 e. The van der Waals surface area contributed by atoms with Crippen LogP contribution in [0.5, 0.6) is 0 Å². The highest BCUT2D eigenvalue weighted by Gasteiger charge is 2.22. The fourth-order valence-electron chi connectivity index (χ4n) is 3.27.